The minimum atomic E-state index is -1.49. The molecular formula is C26H50O4. The Morgan fingerprint density at radius 1 is 0.767 bits per heavy atom. The summed E-state index contributed by atoms with van der Waals surface area (Å²) in [6.07, 6.45) is 18.2. The largest absolute Gasteiger partial charge is 0.429 e. The first kappa shape index (κ1) is 29.1. The zero-order chi connectivity index (χ0) is 22.7. The number of hydrogen-bond acceptors (Lipinski definition) is 4. The van der Waals surface area contributed by atoms with Crippen molar-refractivity contribution in [3.8, 4) is 0 Å². The van der Waals surface area contributed by atoms with Gasteiger partial charge >= 0.3 is 5.97 Å². The highest BCUT2D eigenvalue weighted by Crippen LogP contribution is 2.28. The first-order valence-electron chi connectivity index (χ1n) is 12.6. The van der Waals surface area contributed by atoms with Gasteiger partial charge in [-0.1, -0.05) is 123 Å². The summed E-state index contributed by atoms with van der Waals surface area (Å²) in [4.78, 5) is 11.8. The molecule has 0 radical (unpaired) electrons. The van der Waals surface area contributed by atoms with Crippen molar-refractivity contribution in [2.45, 2.75) is 148 Å². The highest BCUT2D eigenvalue weighted by Gasteiger charge is 2.37. The van der Waals surface area contributed by atoms with E-state index >= 15 is 0 Å². The summed E-state index contributed by atoms with van der Waals surface area (Å²) in [5, 5.41) is 21.6. The van der Waals surface area contributed by atoms with Crippen LogP contribution in [-0.2, 0) is 9.53 Å². The maximum absolute atomic E-state index is 11.8. The Morgan fingerprint density at radius 2 is 1.10 bits per heavy atom. The Balaban J connectivity index is 4.37. The van der Waals surface area contributed by atoms with E-state index in [1.807, 2.05) is 0 Å². The van der Waals surface area contributed by atoms with Crippen molar-refractivity contribution < 1.29 is 19.7 Å². The number of ether oxygens (including phenoxy) is 1. The van der Waals surface area contributed by atoms with Crippen LogP contribution in [0.5, 0.6) is 0 Å². The van der Waals surface area contributed by atoms with E-state index in [9.17, 15) is 15.0 Å². The predicted molar refractivity (Wildman–Crippen MR) is 126 cm³/mol. The molecule has 0 bridgehead atoms. The standard InChI is InChI=1S/C26H50O4/c1-5-7-9-11-13-15-17-19-21-26(29,25(28)30-24(27)23(3)4)22-20-18-16-14-12-10-8-6-2/h25,28-29H,3,5-22H2,1-2,4H3. The quantitative estimate of drug-likeness (QED) is 0.0880. The second-order valence-corrected chi connectivity index (χ2v) is 9.09. The number of carbonyl (C=O) groups is 1. The van der Waals surface area contributed by atoms with Crippen LogP contribution in [0.2, 0.25) is 0 Å². The summed E-state index contributed by atoms with van der Waals surface area (Å²) >= 11 is 0. The van der Waals surface area contributed by atoms with Gasteiger partial charge in [0.1, 0.15) is 5.60 Å². The minimum Gasteiger partial charge on any atom is -0.429 e. The topological polar surface area (TPSA) is 66.8 Å². The Labute approximate surface area is 186 Å². The van der Waals surface area contributed by atoms with Gasteiger partial charge in [-0.25, -0.2) is 4.79 Å². The SMILES string of the molecule is C=C(C)C(=O)OC(O)C(O)(CCCCCCCCCC)CCCCCCCCCC. The molecule has 0 heterocycles. The minimum absolute atomic E-state index is 0.232. The molecule has 1 atom stereocenters. The maximum Gasteiger partial charge on any atom is 0.335 e. The van der Waals surface area contributed by atoms with E-state index in [4.69, 9.17) is 4.74 Å². The number of esters is 1. The predicted octanol–water partition coefficient (Wildman–Crippen LogP) is 7.22. The van der Waals surface area contributed by atoms with Crippen LogP contribution in [-0.4, -0.2) is 28.1 Å². The number of aliphatic hydroxyl groups is 2. The van der Waals surface area contributed by atoms with Crippen LogP contribution in [0.4, 0.5) is 0 Å². The fourth-order valence-corrected chi connectivity index (χ4v) is 3.81. The third-order valence-electron chi connectivity index (χ3n) is 5.95. The van der Waals surface area contributed by atoms with Gasteiger partial charge in [0.2, 0.25) is 6.29 Å². The fraction of sp³-hybridized carbons (Fsp3) is 0.885. The summed E-state index contributed by atoms with van der Waals surface area (Å²) in [5.74, 6) is -0.646. The average Bonchev–Trinajstić information content (AvgIpc) is 2.71. The van der Waals surface area contributed by atoms with Crippen LogP contribution < -0.4 is 0 Å². The second-order valence-electron chi connectivity index (χ2n) is 9.09. The van der Waals surface area contributed by atoms with Crippen molar-refractivity contribution in [1.29, 1.82) is 0 Å². The third kappa shape index (κ3) is 15.0. The molecule has 0 rings (SSSR count). The second kappa shape index (κ2) is 18.9. The Bertz CT molecular complexity index is 413. The number of aliphatic hydroxyl groups excluding tert-OH is 1. The number of unbranched alkanes of at least 4 members (excludes halogenated alkanes) is 14. The third-order valence-corrected chi connectivity index (χ3v) is 5.95. The van der Waals surface area contributed by atoms with Crippen molar-refractivity contribution in [3.63, 3.8) is 0 Å². The van der Waals surface area contributed by atoms with Gasteiger partial charge in [-0.2, -0.15) is 0 Å². The van der Waals surface area contributed by atoms with Gasteiger partial charge in [0.05, 0.1) is 0 Å². The highest BCUT2D eigenvalue weighted by molar-refractivity contribution is 5.87. The van der Waals surface area contributed by atoms with Crippen molar-refractivity contribution in [2.24, 2.45) is 0 Å². The van der Waals surface area contributed by atoms with Crippen LogP contribution in [0.3, 0.4) is 0 Å². The molecule has 0 aliphatic carbocycles. The van der Waals surface area contributed by atoms with Crippen LogP contribution in [0.15, 0.2) is 12.2 Å². The molecule has 0 saturated carbocycles. The average molecular weight is 427 g/mol. The van der Waals surface area contributed by atoms with E-state index in [0.29, 0.717) is 12.8 Å². The van der Waals surface area contributed by atoms with E-state index in [1.54, 1.807) is 6.92 Å². The molecule has 178 valence electrons. The van der Waals surface area contributed by atoms with Gasteiger partial charge in [-0.05, 0) is 19.8 Å². The molecule has 0 aromatic rings. The molecule has 0 saturated heterocycles. The maximum atomic E-state index is 11.8. The monoisotopic (exact) mass is 426 g/mol. The van der Waals surface area contributed by atoms with Gasteiger partial charge in [0, 0.05) is 5.57 Å². The van der Waals surface area contributed by atoms with E-state index in [1.165, 1.54) is 64.2 Å². The van der Waals surface area contributed by atoms with E-state index in [2.05, 4.69) is 20.4 Å². The van der Waals surface area contributed by atoms with E-state index in [0.717, 1.165) is 38.5 Å². The molecule has 0 amide bonds. The number of rotatable bonds is 21. The summed E-state index contributed by atoms with van der Waals surface area (Å²) in [7, 11) is 0. The molecule has 0 aromatic heterocycles. The van der Waals surface area contributed by atoms with Crippen LogP contribution in [0.25, 0.3) is 0 Å². The van der Waals surface area contributed by atoms with Gasteiger partial charge in [0.15, 0.2) is 0 Å². The first-order valence-corrected chi connectivity index (χ1v) is 12.6. The molecule has 0 spiro atoms. The molecule has 0 aliphatic heterocycles. The fourth-order valence-electron chi connectivity index (χ4n) is 3.81. The molecule has 0 aromatic carbocycles. The van der Waals surface area contributed by atoms with Gasteiger partial charge in [-0.3, -0.25) is 0 Å². The normalized spacial score (nSPS) is 12.7. The lowest BCUT2D eigenvalue weighted by molar-refractivity contribution is -0.216. The molecule has 0 fully saturated rings. The number of hydrogen-bond donors (Lipinski definition) is 2. The summed E-state index contributed by atoms with van der Waals surface area (Å²) in [5.41, 5.74) is -1.13. The lowest BCUT2D eigenvalue weighted by Crippen LogP contribution is -2.45. The molecule has 1 unspecified atom stereocenters. The molecule has 30 heavy (non-hydrogen) atoms. The number of carbonyl (C=O) groups excluding carboxylic acids is 1. The molecular weight excluding hydrogens is 376 g/mol. The van der Waals surface area contributed by atoms with Gasteiger partial charge < -0.3 is 14.9 Å². The van der Waals surface area contributed by atoms with Gasteiger partial charge in [-0.15, -0.1) is 0 Å². The van der Waals surface area contributed by atoms with Crippen molar-refractivity contribution >= 4 is 5.97 Å². The molecule has 4 heteroatoms. The lowest BCUT2D eigenvalue weighted by Gasteiger charge is -2.32. The van der Waals surface area contributed by atoms with Crippen molar-refractivity contribution in [2.75, 3.05) is 0 Å². The van der Waals surface area contributed by atoms with E-state index < -0.39 is 17.9 Å². The summed E-state index contributed by atoms with van der Waals surface area (Å²) in [6, 6.07) is 0. The molecule has 0 aliphatic rings. The Kier molecular flexibility index (Phi) is 18.3. The van der Waals surface area contributed by atoms with Crippen LogP contribution in [0.1, 0.15) is 136 Å². The zero-order valence-electron chi connectivity index (χ0n) is 20.2. The molecule has 4 nitrogen and oxygen atoms in total. The van der Waals surface area contributed by atoms with Crippen molar-refractivity contribution in [3.05, 3.63) is 12.2 Å². The molecule has 2 N–H and O–H groups in total. The van der Waals surface area contributed by atoms with Crippen LogP contribution >= 0.6 is 0 Å². The smallest absolute Gasteiger partial charge is 0.335 e. The van der Waals surface area contributed by atoms with Crippen LogP contribution in [0, 0.1) is 0 Å². The summed E-state index contributed by atoms with van der Waals surface area (Å²) in [6.45, 7) is 9.55. The lowest BCUT2D eigenvalue weighted by atomic mass is 9.88. The first-order chi connectivity index (χ1) is 14.4. The summed E-state index contributed by atoms with van der Waals surface area (Å²) < 4.78 is 5.09. The van der Waals surface area contributed by atoms with Crippen molar-refractivity contribution in [1.82, 2.24) is 0 Å². The zero-order valence-corrected chi connectivity index (χ0v) is 20.2. The van der Waals surface area contributed by atoms with E-state index in [-0.39, 0.29) is 5.57 Å². The highest BCUT2D eigenvalue weighted by atomic mass is 16.6. The Morgan fingerprint density at radius 3 is 1.43 bits per heavy atom. The van der Waals surface area contributed by atoms with Gasteiger partial charge in [0.25, 0.3) is 0 Å². The Hall–Kier alpha value is -0.870.